The average molecular weight is 502 g/mol. The summed E-state index contributed by atoms with van der Waals surface area (Å²) < 4.78 is 28.0. The van der Waals surface area contributed by atoms with Gasteiger partial charge in [-0.05, 0) is 62.8 Å². The molecule has 2 fully saturated rings. The molecule has 9 nitrogen and oxygen atoms in total. The number of hydrogen-bond acceptors (Lipinski definition) is 7. The number of aromatic nitrogens is 1. The molecule has 1 N–H and O–H groups in total. The van der Waals surface area contributed by atoms with E-state index in [1.54, 1.807) is 23.1 Å². The van der Waals surface area contributed by atoms with Crippen molar-refractivity contribution < 1.29 is 18.3 Å². The first-order chi connectivity index (χ1) is 16.6. The summed E-state index contributed by atoms with van der Waals surface area (Å²) in [6.45, 7) is 6.72. The van der Waals surface area contributed by atoms with Crippen molar-refractivity contribution in [2.45, 2.75) is 43.9 Å². The van der Waals surface area contributed by atoms with E-state index in [1.165, 1.54) is 4.31 Å². The van der Waals surface area contributed by atoms with Crippen LogP contribution in [0.25, 0.3) is 0 Å². The lowest BCUT2D eigenvalue weighted by atomic mass is 10.1. The summed E-state index contributed by atoms with van der Waals surface area (Å²) in [5.41, 5.74) is 3.00. The highest BCUT2D eigenvalue weighted by Gasteiger charge is 2.45. The number of benzene rings is 1. The number of anilines is 1. The van der Waals surface area contributed by atoms with Crippen LogP contribution in [0.15, 0.2) is 41.4 Å². The van der Waals surface area contributed by atoms with E-state index in [0.717, 1.165) is 29.1 Å². The van der Waals surface area contributed by atoms with Crippen molar-refractivity contribution in [3.63, 3.8) is 0 Å². The fourth-order valence-electron chi connectivity index (χ4n) is 4.71. The van der Waals surface area contributed by atoms with Gasteiger partial charge in [-0.1, -0.05) is 12.1 Å². The molecule has 4 rings (SSSR count). The van der Waals surface area contributed by atoms with Crippen LogP contribution in [0, 0.1) is 13.8 Å². The van der Waals surface area contributed by atoms with Gasteiger partial charge in [-0.2, -0.15) is 4.31 Å². The number of aliphatic hydroxyl groups excluding tert-OH is 1. The van der Waals surface area contributed by atoms with Crippen LogP contribution in [0.2, 0.25) is 0 Å². The summed E-state index contributed by atoms with van der Waals surface area (Å²) in [7, 11) is 0.123. The number of pyridine rings is 1. The second-order valence-electron chi connectivity index (χ2n) is 9.80. The number of piperazine rings is 1. The molecule has 10 heteroatoms. The van der Waals surface area contributed by atoms with Gasteiger partial charge in [-0.15, -0.1) is 0 Å². The van der Waals surface area contributed by atoms with Gasteiger partial charge in [0.1, 0.15) is 11.9 Å². The van der Waals surface area contributed by atoms with Crippen LogP contribution in [0.1, 0.15) is 23.1 Å². The van der Waals surface area contributed by atoms with Crippen LogP contribution in [-0.4, -0.2) is 97.5 Å². The zero-order chi connectivity index (χ0) is 25.3. The molecule has 1 aromatic heterocycles. The molecule has 35 heavy (non-hydrogen) atoms. The van der Waals surface area contributed by atoms with E-state index in [0.29, 0.717) is 26.2 Å². The molecule has 2 unspecified atom stereocenters. The number of aryl methyl sites for hydroxylation is 2. The molecule has 0 bridgehead atoms. The van der Waals surface area contributed by atoms with Gasteiger partial charge < -0.3 is 19.8 Å². The highest BCUT2D eigenvalue weighted by molar-refractivity contribution is 7.89. The van der Waals surface area contributed by atoms with Gasteiger partial charge in [0.25, 0.3) is 0 Å². The molecule has 2 aromatic rings. The third kappa shape index (κ3) is 5.50. The van der Waals surface area contributed by atoms with Crippen LogP contribution >= 0.6 is 0 Å². The Morgan fingerprint density at radius 2 is 1.80 bits per heavy atom. The minimum atomic E-state index is -3.91. The van der Waals surface area contributed by atoms with Crippen molar-refractivity contribution in [2.24, 2.45) is 0 Å². The molecule has 1 aromatic carbocycles. The van der Waals surface area contributed by atoms with Crippen molar-refractivity contribution >= 4 is 21.7 Å². The van der Waals surface area contributed by atoms with Crippen LogP contribution in [0.5, 0.6) is 0 Å². The number of amides is 1. The summed E-state index contributed by atoms with van der Waals surface area (Å²) >= 11 is 0. The Kier molecular flexibility index (Phi) is 7.46. The minimum absolute atomic E-state index is 0.0746. The zero-order valence-corrected chi connectivity index (χ0v) is 21.7. The minimum Gasteiger partial charge on any atom is -0.392 e. The fourth-order valence-corrected chi connectivity index (χ4v) is 6.43. The Morgan fingerprint density at radius 3 is 2.40 bits per heavy atom. The monoisotopic (exact) mass is 501 g/mol. The Labute approximate surface area is 208 Å². The van der Waals surface area contributed by atoms with E-state index < -0.39 is 22.2 Å². The highest BCUT2D eigenvalue weighted by atomic mass is 32.2. The molecule has 2 atom stereocenters. The smallest absolute Gasteiger partial charge is 0.243 e. The molecule has 0 saturated carbocycles. The van der Waals surface area contributed by atoms with Gasteiger partial charge >= 0.3 is 0 Å². The van der Waals surface area contributed by atoms with Gasteiger partial charge in [-0.3, -0.25) is 4.79 Å². The van der Waals surface area contributed by atoms with Gasteiger partial charge in [0.2, 0.25) is 15.9 Å². The third-order valence-corrected chi connectivity index (χ3v) is 8.70. The maximum atomic E-state index is 13.4. The van der Waals surface area contributed by atoms with Crippen molar-refractivity contribution in [3.8, 4) is 0 Å². The largest absolute Gasteiger partial charge is 0.392 e. The average Bonchev–Trinajstić information content (AvgIpc) is 3.23. The first-order valence-electron chi connectivity index (χ1n) is 12.0. The first-order valence-corrected chi connectivity index (χ1v) is 13.4. The van der Waals surface area contributed by atoms with E-state index in [4.69, 9.17) is 0 Å². The van der Waals surface area contributed by atoms with Gasteiger partial charge in [0.05, 0.1) is 11.0 Å². The predicted molar refractivity (Wildman–Crippen MR) is 135 cm³/mol. The number of β-amino-alcohol motifs (C(OH)–C–C–N with tert-alkyl or cyclic N) is 1. The molecule has 0 radical (unpaired) electrons. The molecular weight excluding hydrogens is 466 g/mol. The second-order valence-corrected chi connectivity index (χ2v) is 11.7. The summed E-state index contributed by atoms with van der Waals surface area (Å²) in [5.74, 6) is 0.623. The maximum Gasteiger partial charge on any atom is 0.243 e. The Morgan fingerprint density at radius 1 is 1.09 bits per heavy atom. The quantitative estimate of drug-likeness (QED) is 0.636. The van der Waals surface area contributed by atoms with Crippen LogP contribution in [-0.2, 0) is 21.4 Å². The van der Waals surface area contributed by atoms with E-state index in [9.17, 15) is 18.3 Å². The highest BCUT2D eigenvalue weighted by Crippen LogP contribution is 2.29. The SMILES string of the molecule is Cc1ccc(S(=O)(=O)N2CC(O)CC2C(=O)N2CCN(c3ccc(CN(C)C)cn3)CC2)cc1C. The van der Waals surface area contributed by atoms with Gasteiger partial charge in [0.15, 0.2) is 0 Å². The van der Waals surface area contributed by atoms with Crippen molar-refractivity contribution in [3.05, 3.63) is 53.2 Å². The molecule has 2 aliphatic rings. The molecule has 2 saturated heterocycles. The summed E-state index contributed by atoms with van der Waals surface area (Å²) in [6.07, 6.45) is 1.12. The summed E-state index contributed by atoms with van der Waals surface area (Å²) in [4.78, 5) is 24.1. The molecule has 0 aliphatic carbocycles. The molecule has 0 spiro atoms. The molecular formula is C25H35N5O4S. The van der Waals surface area contributed by atoms with Crippen molar-refractivity contribution in [1.29, 1.82) is 0 Å². The van der Waals surface area contributed by atoms with E-state index in [1.807, 2.05) is 40.2 Å². The number of carbonyl (C=O) groups excluding carboxylic acids is 1. The fraction of sp³-hybridized carbons (Fsp3) is 0.520. The number of sulfonamides is 1. The third-order valence-electron chi connectivity index (χ3n) is 6.83. The summed E-state index contributed by atoms with van der Waals surface area (Å²) in [5, 5.41) is 10.3. The number of aliphatic hydroxyl groups is 1. The Balaban J connectivity index is 1.43. The van der Waals surface area contributed by atoms with E-state index >= 15 is 0 Å². The van der Waals surface area contributed by atoms with E-state index in [2.05, 4.69) is 20.9 Å². The lowest BCUT2D eigenvalue weighted by molar-refractivity contribution is -0.135. The normalized spacial score (nSPS) is 21.7. The molecule has 1 amide bonds. The number of carbonyl (C=O) groups is 1. The first kappa shape index (κ1) is 25.6. The second kappa shape index (κ2) is 10.2. The number of rotatable bonds is 6. The topological polar surface area (TPSA) is 97.3 Å². The van der Waals surface area contributed by atoms with Crippen molar-refractivity contribution in [2.75, 3.05) is 51.7 Å². The summed E-state index contributed by atoms with van der Waals surface area (Å²) in [6, 6.07) is 8.14. The number of nitrogens with zero attached hydrogens (tertiary/aromatic N) is 5. The van der Waals surface area contributed by atoms with Gasteiger partial charge in [-0.25, -0.2) is 13.4 Å². The van der Waals surface area contributed by atoms with Crippen LogP contribution in [0.4, 0.5) is 5.82 Å². The van der Waals surface area contributed by atoms with Crippen LogP contribution in [0.3, 0.4) is 0 Å². The van der Waals surface area contributed by atoms with E-state index in [-0.39, 0.29) is 23.8 Å². The Bertz CT molecular complexity index is 1160. The molecule has 190 valence electrons. The molecule has 3 heterocycles. The van der Waals surface area contributed by atoms with Gasteiger partial charge in [0, 0.05) is 51.9 Å². The standard InChI is InChI=1S/C25H35N5O4S/c1-18-5-7-22(13-19(18)2)35(33,34)30-17-21(31)14-23(30)25(32)29-11-9-28(10-12-29)24-8-6-20(15-26-24)16-27(3)4/h5-8,13,15,21,23,31H,9-12,14,16-17H2,1-4H3. The predicted octanol–water partition coefficient (Wildman–Crippen LogP) is 1.23. The van der Waals surface area contributed by atoms with Crippen molar-refractivity contribution in [1.82, 2.24) is 19.1 Å². The number of hydrogen-bond donors (Lipinski definition) is 1. The zero-order valence-electron chi connectivity index (χ0n) is 20.9. The van der Waals surface area contributed by atoms with Crippen LogP contribution < -0.4 is 4.90 Å². The lowest BCUT2D eigenvalue weighted by Crippen LogP contribution is -2.54. The maximum absolute atomic E-state index is 13.4. The lowest BCUT2D eigenvalue weighted by Gasteiger charge is -2.37. The molecule has 2 aliphatic heterocycles. The Hall–Kier alpha value is -2.53.